The Balaban J connectivity index is 2.14. The standard InChI is InChI=1S/C20H20O3/c1-15(21)19(22)14-8-13-18(16-9-4-2-5-10-16)20(23)17-11-6-3-7-12-17/h2-7,9-12,18H,8,13-14H2,1H3. The second kappa shape index (κ2) is 8.18. The van der Waals surface area contributed by atoms with E-state index in [0.29, 0.717) is 18.4 Å². The molecule has 0 saturated heterocycles. The van der Waals surface area contributed by atoms with Crippen molar-refractivity contribution in [3.05, 3.63) is 71.8 Å². The number of carbonyl (C=O) groups excluding carboxylic acids is 3. The summed E-state index contributed by atoms with van der Waals surface area (Å²) in [6, 6.07) is 18.7. The molecule has 0 radical (unpaired) electrons. The van der Waals surface area contributed by atoms with Gasteiger partial charge in [0.15, 0.2) is 17.3 Å². The molecule has 0 fully saturated rings. The van der Waals surface area contributed by atoms with E-state index in [9.17, 15) is 14.4 Å². The van der Waals surface area contributed by atoms with Crippen molar-refractivity contribution in [1.82, 2.24) is 0 Å². The van der Waals surface area contributed by atoms with Crippen LogP contribution in [0.4, 0.5) is 0 Å². The largest absolute Gasteiger partial charge is 0.293 e. The highest BCUT2D eigenvalue weighted by atomic mass is 16.2. The molecule has 2 aromatic carbocycles. The van der Waals surface area contributed by atoms with Crippen molar-refractivity contribution in [1.29, 1.82) is 0 Å². The quantitative estimate of drug-likeness (QED) is 0.547. The van der Waals surface area contributed by atoms with Crippen LogP contribution in [0.25, 0.3) is 0 Å². The molecule has 1 atom stereocenters. The minimum atomic E-state index is -0.421. The van der Waals surface area contributed by atoms with Crippen molar-refractivity contribution >= 4 is 17.3 Å². The molecule has 2 aromatic rings. The van der Waals surface area contributed by atoms with Crippen LogP contribution in [0.15, 0.2) is 60.7 Å². The van der Waals surface area contributed by atoms with Gasteiger partial charge in [0.25, 0.3) is 0 Å². The minimum absolute atomic E-state index is 0.0482. The zero-order chi connectivity index (χ0) is 16.7. The molecule has 0 bridgehead atoms. The van der Waals surface area contributed by atoms with E-state index in [0.717, 1.165) is 5.56 Å². The number of Topliss-reactive ketones (excluding diaryl/α,β-unsaturated/α-hetero) is 3. The average Bonchev–Trinajstić information content (AvgIpc) is 2.59. The van der Waals surface area contributed by atoms with Crippen molar-refractivity contribution in [3.63, 3.8) is 0 Å². The number of hydrogen-bond donors (Lipinski definition) is 0. The van der Waals surface area contributed by atoms with Crippen LogP contribution in [0.3, 0.4) is 0 Å². The van der Waals surface area contributed by atoms with Crippen LogP contribution >= 0.6 is 0 Å². The van der Waals surface area contributed by atoms with E-state index >= 15 is 0 Å². The lowest BCUT2D eigenvalue weighted by molar-refractivity contribution is -0.135. The average molecular weight is 308 g/mol. The third kappa shape index (κ3) is 4.71. The Morgan fingerprint density at radius 2 is 1.43 bits per heavy atom. The SMILES string of the molecule is CC(=O)C(=O)CCCC(C(=O)c1ccccc1)c1ccccc1. The molecule has 0 amide bonds. The first kappa shape index (κ1) is 16.8. The van der Waals surface area contributed by atoms with Crippen molar-refractivity contribution in [2.75, 3.05) is 0 Å². The summed E-state index contributed by atoms with van der Waals surface area (Å²) in [7, 11) is 0. The highest BCUT2D eigenvalue weighted by molar-refractivity contribution is 6.36. The first-order chi connectivity index (χ1) is 11.1. The Morgan fingerprint density at radius 3 is 2.00 bits per heavy atom. The lowest BCUT2D eigenvalue weighted by Gasteiger charge is -2.16. The van der Waals surface area contributed by atoms with Crippen molar-refractivity contribution in [2.45, 2.75) is 32.1 Å². The van der Waals surface area contributed by atoms with E-state index in [1.807, 2.05) is 48.5 Å². The predicted octanol–water partition coefficient (Wildman–Crippen LogP) is 3.98. The maximum atomic E-state index is 12.8. The Kier molecular flexibility index (Phi) is 5.98. The smallest absolute Gasteiger partial charge is 0.198 e. The third-order valence-electron chi connectivity index (χ3n) is 3.87. The van der Waals surface area contributed by atoms with E-state index in [2.05, 4.69) is 0 Å². The van der Waals surface area contributed by atoms with Gasteiger partial charge in [-0.1, -0.05) is 60.7 Å². The van der Waals surface area contributed by atoms with Crippen molar-refractivity contribution in [3.8, 4) is 0 Å². The lowest BCUT2D eigenvalue weighted by atomic mass is 9.86. The van der Waals surface area contributed by atoms with Gasteiger partial charge in [0, 0.05) is 24.8 Å². The Hall–Kier alpha value is -2.55. The number of hydrogen-bond acceptors (Lipinski definition) is 3. The van der Waals surface area contributed by atoms with Gasteiger partial charge in [0.1, 0.15) is 0 Å². The van der Waals surface area contributed by atoms with Crippen LogP contribution in [0.1, 0.15) is 48.0 Å². The molecule has 3 heteroatoms. The Bertz CT molecular complexity index is 675. The monoisotopic (exact) mass is 308 g/mol. The summed E-state index contributed by atoms with van der Waals surface area (Å²) in [4.78, 5) is 35.3. The molecule has 0 heterocycles. The summed E-state index contributed by atoms with van der Waals surface area (Å²) >= 11 is 0. The molecule has 0 aliphatic heterocycles. The predicted molar refractivity (Wildman–Crippen MR) is 89.5 cm³/mol. The molecule has 1 unspecified atom stereocenters. The van der Waals surface area contributed by atoms with E-state index in [4.69, 9.17) is 0 Å². The van der Waals surface area contributed by atoms with Crippen LogP contribution in [-0.2, 0) is 9.59 Å². The fourth-order valence-electron chi connectivity index (χ4n) is 2.58. The molecule has 0 spiro atoms. The Labute approximate surface area is 136 Å². The highest BCUT2D eigenvalue weighted by Crippen LogP contribution is 2.26. The summed E-state index contributed by atoms with van der Waals surface area (Å²) in [5.74, 6) is -1.04. The van der Waals surface area contributed by atoms with Crippen LogP contribution in [-0.4, -0.2) is 17.3 Å². The first-order valence-electron chi connectivity index (χ1n) is 7.77. The molecule has 118 valence electrons. The number of benzene rings is 2. The van der Waals surface area contributed by atoms with E-state index in [1.165, 1.54) is 6.92 Å². The molecular formula is C20H20O3. The Morgan fingerprint density at radius 1 is 0.870 bits per heavy atom. The van der Waals surface area contributed by atoms with E-state index in [1.54, 1.807) is 12.1 Å². The molecule has 23 heavy (non-hydrogen) atoms. The van der Waals surface area contributed by atoms with Crippen molar-refractivity contribution < 1.29 is 14.4 Å². The number of ketones is 3. The molecule has 3 nitrogen and oxygen atoms in total. The molecular weight excluding hydrogens is 288 g/mol. The molecule has 2 rings (SSSR count). The zero-order valence-corrected chi connectivity index (χ0v) is 13.2. The maximum absolute atomic E-state index is 12.8. The van der Waals surface area contributed by atoms with Gasteiger partial charge in [-0.25, -0.2) is 0 Å². The van der Waals surface area contributed by atoms with Gasteiger partial charge < -0.3 is 0 Å². The van der Waals surface area contributed by atoms with Crippen molar-refractivity contribution in [2.24, 2.45) is 0 Å². The summed E-state index contributed by atoms with van der Waals surface area (Å²) < 4.78 is 0. The van der Waals surface area contributed by atoms with Crippen LogP contribution < -0.4 is 0 Å². The number of rotatable bonds is 8. The van der Waals surface area contributed by atoms with E-state index in [-0.39, 0.29) is 23.9 Å². The maximum Gasteiger partial charge on any atom is 0.198 e. The molecule has 0 aliphatic carbocycles. The zero-order valence-electron chi connectivity index (χ0n) is 13.2. The van der Waals surface area contributed by atoms with Gasteiger partial charge >= 0.3 is 0 Å². The highest BCUT2D eigenvalue weighted by Gasteiger charge is 2.22. The third-order valence-corrected chi connectivity index (χ3v) is 3.87. The molecule has 0 N–H and O–H groups in total. The van der Waals surface area contributed by atoms with Gasteiger partial charge in [-0.2, -0.15) is 0 Å². The molecule has 0 aliphatic rings. The minimum Gasteiger partial charge on any atom is -0.293 e. The van der Waals surface area contributed by atoms with E-state index < -0.39 is 5.78 Å². The summed E-state index contributed by atoms with van der Waals surface area (Å²) in [5, 5.41) is 0. The molecule has 0 saturated carbocycles. The van der Waals surface area contributed by atoms with Gasteiger partial charge in [0.2, 0.25) is 0 Å². The summed E-state index contributed by atoms with van der Waals surface area (Å²) in [6.45, 7) is 1.28. The second-order valence-electron chi connectivity index (χ2n) is 5.57. The van der Waals surface area contributed by atoms with Gasteiger partial charge in [-0.3, -0.25) is 14.4 Å². The first-order valence-corrected chi connectivity index (χ1v) is 7.77. The van der Waals surface area contributed by atoms with Gasteiger partial charge in [-0.05, 0) is 18.4 Å². The fourth-order valence-corrected chi connectivity index (χ4v) is 2.58. The lowest BCUT2D eigenvalue weighted by Crippen LogP contribution is -2.15. The molecule has 0 aromatic heterocycles. The van der Waals surface area contributed by atoms with Crippen LogP contribution in [0, 0.1) is 0 Å². The topological polar surface area (TPSA) is 51.2 Å². The van der Waals surface area contributed by atoms with Gasteiger partial charge in [0.05, 0.1) is 0 Å². The van der Waals surface area contributed by atoms with Gasteiger partial charge in [-0.15, -0.1) is 0 Å². The fraction of sp³-hybridized carbons (Fsp3) is 0.250. The van der Waals surface area contributed by atoms with Crippen LogP contribution in [0.2, 0.25) is 0 Å². The van der Waals surface area contributed by atoms with Crippen LogP contribution in [0.5, 0.6) is 0 Å². The second-order valence-corrected chi connectivity index (χ2v) is 5.57. The number of carbonyl (C=O) groups is 3. The summed E-state index contributed by atoms with van der Waals surface area (Å²) in [6.07, 6.45) is 1.27. The summed E-state index contributed by atoms with van der Waals surface area (Å²) in [5.41, 5.74) is 1.61. The normalized spacial score (nSPS) is 11.7.